The number of rotatable bonds is 3. The van der Waals surface area contributed by atoms with E-state index in [1.54, 1.807) is 6.07 Å². The number of anilines is 1. The van der Waals surface area contributed by atoms with E-state index in [2.05, 4.69) is 5.32 Å². The van der Waals surface area contributed by atoms with Crippen LogP contribution in [0.4, 0.5) is 5.69 Å². The molecule has 0 heterocycles. The third-order valence-corrected chi connectivity index (χ3v) is 1.44. The summed E-state index contributed by atoms with van der Waals surface area (Å²) in [5.74, 6) is 0. The molecule has 66 valence electrons. The molecule has 0 saturated heterocycles. The van der Waals surface area contributed by atoms with Crippen LogP contribution in [-0.4, -0.2) is 11.4 Å². The van der Waals surface area contributed by atoms with Crippen LogP contribution >= 0.6 is 0 Å². The molecule has 1 aromatic carbocycles. The fraction of sp³-hybridized carbons (Fsp3) is 0.250. The van der Waals surface area contributed by atoms with E-state index < -0.39 is 6.29 Å². The summed E-state index contributed by atoms with van der Waals surface area (Å²) in [6.07, 6.45) is -0.570. The molecule has 6 N–H and O–H groups in total. The minimum atomic E-state index is -0.570. The third-order valence-electron chi connectivity index (χ3n) is 1.44. The van der Waals surface area contributed by atoms with Crippen molar-refractivity contribution in [3.05, 3.63) is 29.8 Å². The number of nitrogens with one attached hydrogen (secondary N) is 1. The van der Waals surface area contributed by atoms with Crippen molar-refractivity contribution < 1.29 is 5.11 Å². The Morgan fingerprint density at radius 2 is 2.17 bits per heavy atom. The lowest BCUT2D eigenvalue weighted by atomic mass is 10.2. The van der Waals surface area contributed by atoms with Gasteiger partial charge >= 0.3 is 0 Å². The van der Waals surface area contributed by atoms with Gasteiger partial charge in [0.2, 0.25) is 0 Å². The maximum atomic E-state index is 8.81. The van der Waals surface area contributed by atoms with E-state index in [-0.39, 0.29) is 6.61 Å². The molecular formula is C8H13N3O. The van der Waals surface area contributed by atoms with Crippen LogP contribution < -0.4 is 16.8 Å². The molecule has 1 aromatic rings. The number of hydrogen-bond donors (Lipinski definition) is 4. The topological polar surface area (TPSA) is 84.3 Å². The first-order valence-electron chi connectivity index (χ1n) is 3.70. The standard InChI is InChI=1S/C8H13N3O/c9-8(10)11-7-3-1-2-6(4-7)5-12/h1-4,8,11-12H,5,9-10H2. The molecule has 0 fully saturated rings. The van der Waals surface area contributed by atoms with Gasteiger partial charge in [0.15, 0.2) is 0 Å². The molecule has 4 heteroatoms. The zero-order valence-corrected chi connectivity index (χ0v) is 6.70. The summed E-state index contributed by atoms with van der Waals surface area (Å²) in [6.45, 7) is 0.0231. The molecule has 0 atom stereocenters. The van der Waals surface area contributed by atoms with Crippen LogP contribution in [-0.2, 0) is 6.61 Å². The van der Waals surface area contributed by atoms with Gasteiger partial charge in [0.05, 0.1) is 6.61 Å². The minimum absolute atomic E-state index is 0.0231. The Labute approximate surface area is 71.2 Å². The highest BCUT2D eigenvalue weighted by atomic mass is 16.3. The molecule has 0 saturated carbocycles. The van der Waals surface area contributed by atoms with Crippen LogP contribution in [0.2, 0.25) is 0 Å². The lowest BCUT2D eigenvalue weighted by Gasteiger charge is -2.10. The maximum Gasteiger partial charge on any atom is 0.127 e. The summed E-state index contributed by atoms with van der Waals surface area (Å²) in [4.78, 5) is 0. The van der Waals surface area contributed by atoms with Gasteiger partial charge in [-0.25, -0.2) is 0 Å². The van der Waals surface area contributed by atoms with Gasteiger partial charge < -0.3 is 10.4 Å². The lowest BCUT2D eigenvalue weighted by molar-refractivity contribution is 0.282. The molecule has 0 aliphatic rings. The molecular weight excluding hydrogens is 154 g/mol. The molecule has 12 heavy (non-hydrogen) atoms. The molecule has 1 rings (SSSR count). The first kappa shape index (κ1) is 8.99. The summed E-state index contributed by atoms with van der Waals surface area (Å²) >= 11 is 0. The molecule has 0 unspecified atom stereocenters. The zero-order chi connectivity index (χ0) is 8.97. The summed E-state index contributed by atoms with van der Waals surface area (Å²) in [5, 5.41) is 11.6. The Bertz CT molecular complexity index is 250. The number of benzene rings is 1. The van der Waals surface area contributed by atoms with Crippen molar-refractivity contribution in [3.63, 3.8) is 0 Å². The summed E-state index contributed by atoms with van der Waals surface area (Å²) in [7, 11) is 0. The van der Waals surface area contributed by atoms with Crippen LogP contribution in [0.15, 0.2) is 24.3 Å². The lowest BCUT2D eigenvalue weighted by Crippen LogP contribution is -2.38. The normalized spacial score (nSPS) is 10.3. The quantitative estimate of drug-likeness (QED) is 0.469. The molecule has 0 spiro atoms. The van der Waals surface area contributed by atoms with Crippen molar-refractivity contribution in [1.82, 2.24) is 0 Å². The largest absolute Gasteiger partial charge is 0.392 e. The summed E-state index contributed by atoms with van der Waals surface area (Å²) < 4.78 is 0. The van der Waals surface area contributed by atoms with Crippen LogP contribution in [0.5, 0.6) is 0 Å². The molecule has 0 aliphatic heterocycles. The van der Waals surface area contributed by atoms with Gasteiger partial charge in [-0.1, -0.05) is 12.1 Å². The second-order valence-corrected chi connectivity index (χ2v) is 2.53. The van der Waals surface area contributed by atoms with E-state index in [4.69, 9.17) is 16.6 Å². The van der Waals surface area contributed by atoms with Gasteiger partial charge in [-0.05, 0) is 17.7 Å². The zero-order valence-electron chi connectivity index (χ0n) is 6.70. The van der Waals surface area contributed by atoms with Crippen LogP contribution in [0, 0.1) is 0 Å². The van der Waals surface area contributed by atoms with E-state index in [9.17, 15) is 0 Å². The highest BCUT2D eigenvalue weighted by Crippen LogP contribution is 2.09. The average Bonchev–Trinajstić information content (AvgIpc) is 2.03. The van der Waals surface area contributed by atoms with Crippen molar-refractivity contribution in [3.8, 4) is 0 Å². The van der Waals surface area contributed by atoms with E-state index >= 15 is 0 Å². The Balaban J connectivity index is 2.72. The Kier molecular flexibility index (Phi) is 3.04. The molecule has 0 bridgehead atoms. The number of hydrogen-bond acceptors (Lipinski definition) is 4. The van der Waals surface area contributed by atoms with Gasteiger partial charge in [-0.3, -0.25) is 11.5 Å². The van der Waals surface area contributed by atoms with Gasteiger partial charge in [-0.15, -0.1) is 0 Å². The highest BCUT2D eigenvalue weighted by Gasteiger charge is 1.95. The molecule has 0 radical (unpaired) electrons. The maximum absolute atomic E-state index is 8.81. The van der Waals surface area contributed by atoms with Gasteiger partial charge in [-0.2, -0.15) is 0 Å². The predicted octanol–water partition coefficient (Wildman–Crippen LogP) is -0.208. The molecule has 4 nitrogen and oxygen atoms in total. The van der Waals surface area contributed by atoms with Crippen molar-refractivity contribution in [2.45, 2.75) is 12.9 Å². The van der Waals surface area contributed by atoms with Crippen molar-refractivity contribution >= 4 is 5.69 Å². The fourth-order valence-corrected chi connectivity index (χ4v) is 0.952. The highest BCUT2D eigenvalue weighted by molar-refractivity contribution is 5.45. The van der Waals surface area contributed by atoms with Crippen molar-refractivity contribution in [2.75, 3.05) is 5.32 Å². The smallest absolute Gasteiger partial charge is 0.127 e. The van der Waals surface area contributed by atoms with Gasteiger partial charge in [0.25, 0.3) is 0 Å². The van der Waals surface area contributed by atoms with Gasteiger partial charge in [0, 0.05) is 5.69 Å². The molecule has 0 aromatic heterocycles. The van der Waals surface area contributed by atoms with Crippen LogP contribution in [0.3, 0.4) is 0 Å². The number of nitrogens with two attached hydrogens (primary N) is 2. The molecule has 0 amide bonds. The van der Waals surface area contributed by atoms with Crippen molar-refractivity contribution in [1.29, 1.82) is 0 Å². The summed E-state index contributed by atoms with van der Waals surface area (Å²) in [5.41, 5.74) is 12.3. The second-order valence-electron chi connectivity index (χ2n) is 2.53. The Hall–Kier alpha value is -1.10. The number of aliphatic hydroxyl groups is 1. The van der Waals surface area contributed by atoms with E-state index in [0.717, 1.165) is 11.3 Å². The van der Waals surface area contributed by atoms with Crippen LogP contribution in [0.25, 0.3) is 0 Å². The third kappa shape index (κ3) is 2.50. The summed E-state index contributed by atoms with van der Waals surface area (Å²) in [6, 6.07) is 7.29. The van der Waals surface area contributed by atoms with E-state index in [0.29, 0.717) is 0 Å². The van der Waals surface area contributed by atoms with Crippen LogP contribution in [0.1, 0.15) is 5.56 Å². The first-order chi connectivity index (χ1) is 5.72. The monoisotopic (exact) mass is 167 g/mol. The number of aliphatic hydroxyl groups excluding tert-OH is 1. The minimum Gasteiger partial charge on any atom is -0.392 e. The van der Waals surface area contributed by atoms with Gasteiger partial charge in [0.1, 0.15) is 6.29 Å². The molecule has 0 aliphatic carbocycles. The SMILES string of the molecule is NC(N)Nc1cccc(CO)c1. The first-order valence-corrected chi connectivity index (χ1v) is 3.70. The fourth-order valence-electron chi connectivity index (χ4n) is 0.952. The Morgan fingerprint density at radius 1 is 1.42 bits per heavy atom. The average molecular weight is 167 g/mol. The second kappa shape index (κ2) is 4.06. The Morgan fingerprint density at radius 3 is 2.75 bits per heavy atom. The van der Waals surface area contributed by atoms with E-state index in [1.807, 2.05) is 18.2 Å². The predicted molar refractivity (Wildman–Crippen MR) is 48.2 cm³/mol. The van der Waals surface area contributed by atoms with Crippen molar-refractivity contribution in [2.24, 2.45) is 11.5 Å². The van der Waals surface area contributed by atoms with E-state index in [1.165, 1.54) is 0 Å².